The lowest BCUT2D eigenvalue weighted by Crippen LogP contribution is -2.52. The zero-order valence-electron chi connectivity index (χ0n) is 15.1. The van der Waals surface area contributed by atoms with E-state index in [9.17, 15) is 13.5 Å². The van der Waals surface area contributed by atoms with Gasteiger partial charge in [0.25, 0.3) is 10.2 Å². The quantitative estimate of drug-likeness (QED) is 0.772. The van der Waals surface area contributed by atoms with E-state index in [0.29, 0.717) is 45.8 Å². The topological polar surface area (TPSA) is 64.1 Å². The van der Waals surface area contributed by atoms with Crippen molar-refractivity contribution in [2.24, 2.45) is 0 Å². The van der Waals surface area contributed by atoms with Crippen molar-refractivity contribution in [3.8, 4) is 5.75 Å². The molecule has 0 saturated carbocycles. The first-order chi connectivity index (χ1) is 12.9. The maximum Gasteiger partial charge on any atom is 0.282 e. The lowest BCUT2D eigenvalue weighted by atomic mass is 10.0. The number of halogens is 1. The number of fused-ring (bicyclic) bond motifs is 1. The Balaban J connectivity index is 1.47. The van der Waals surface area contributed by atoms with Crippen molar-refractivity contribution in [2.75, 3.05) is 39.3 Å². The predicted octanol–water partition coefficient (Wildman–Crippen LogP) is 2.77. The van der Waals surface area contributed by atoms with Crippen LogP contribution in [-0.4, -0.2) is 66.3 Å². The van der Waals surface area contributed by atoms with Crippen molar-refractivity contribution < 1.29 is 13.5 Å². The molecule has 8 heteroatoms. The first-order valence-electron chi connectivity index (χ1n) is 9.33. The van der Waals surface area contributed by atoms with Crippen molar-refractivity contribution in [3.63, 3.8) is 0 Å². The molecule has 2 saturated heterocycles. The van der Waals surface area contributed by atoms with E-state index in [1.54, 1.807) is 14.7 Å². The smallest absolute Gasteiger partial charge is 0.282 e. The summed E-state index contributed by atoms with van der Waals surface area (Å²) in [5.41, 5.74) is 0.899. The van der Waals surface area contributed by atoms with E-state index in [2.05, 4.69) is 20.8 Å². The van der Waals surface area contributed by atoms with Crippen molar-refractivity contribution in [2.45, 2.75) is 19.4 Å². The number of aromatic hydroxyl groups is 1. The molecule has 0 radical (unpaired) electrons. The molecule has 6 nitrogen and oxygen atoms in total. The van der Waals surface area contributed by atoms with Gasteiger partial charge in [0.15, 0.2) is 0 Å². The number of hydrogen-bond acceptors (Lipinski definition) is 4. The van der Waals surface area contributed by atoms with Crippen LogP contribution in [0.5, 0.6) is 5.75 Å². The van der Waals surface area contributed by atoms with E-state index in [0.717, 1.165) is 33.7 Å². The summed E-state index contributed by atoms with van der Waals surface area (Å²) >= 11 is 3.49. The van der Waals surface area contributed by atoms with Crippen LogP contribution in [0.2, 0.25) is 0 Å². The van der Waals surface area contributed by atoms with Crippen LogP contribution in [0, 0.1) is 0 Å². The zero-order chi connectivity index (χ0) is 19.0. The van der Waals surface area contributed by atoms with Crippen LogP contribution in [0.4, 0.5) is 0 Å². The van der Waals surface area contributed by atoms with Gasteiger partial charge >= 0.3 is 0 Å². The Morgan fingerprint density at radius 1 is 0.926 bits per heavy atom. The molecule has 146 valence electrons. The third-order valence-electron chi connectivity index (χ3n) is 5.50. The molecule has 2 heterocycles. The molecule has 2 aliphatic rings. The molecule has 0 aliphatic carbocycles. The lowest BCUT2D eigenvalue weighted by Gasteiger charge is -2.36. The molecule has 0 unspecified atom stereocenters. The van der Waals surface area contributed by atoms with E-state index in [-0.39, 0.29) is 5.75 Å². The van der Waals surface area contributed by atoms with E-state index < -0.39 is 10.2 Å². The van der Waals surface area contributed by atoms with Gasteiger partial charge in [0.1, 0.15) is 5.75 Å². The fourth-order valence-corrected chi connectivity index (χ4v) is 5.99. The van der Waals surface area contributed by atoms with Gasteiger partial charge in [0.2, 0.25) is 0 Å². The van der Waals surface area contributed by atoms with Crippen molar-refractivity contribution in [3.05, 3.63) is 40.4 Å². The van der Waals surface area contributed by atoms with Crippen LogP contribution >= 0.6 is 15.9 Å². The summed E-state index contributed by atoms with van der Waals surface area (Å²) in [6.07, 6.45) is 1.91. The average molecular weight is 454 g/mol. The Morgan fingerprint density at radius 3 is 2.30 bits per heavy atom. The number of benzene rings is 2. The van der Waals surface area contributed by atoms with Gasteiger partial charge in [-0.3, -0.25) is 4.90 Å². The van der Waals surface area contributed by atoms with Gasteiger partial charge in [-0.05, 0) is 41.8 Å². The summed E-state index contributed by atoms with van der Waals surface area (Å²) in [6.45, 7) is 4.22. The van der Waals surface area contributed by atoms with Crippen molar-refractivity contribution in [1.29, 1.82) is 0 Å². The molecule has 0 bridgehead atoms. The third kappa shape index (κ3) is 3.86. The molecule has 2 aromatic rings. The maximum absolute atomic E-state index is 12.7. The minimum Gasteiger partial charge on any atom is -0.508 e. The standard InChI is InChI=1S/C19H24BrN3O3S/c20-16-4-5-17-15(13-16)3-6-19(24)18(17)14-21-9-11-23(12-10-21)27(25,26)22-7-1-2-8-22/h3-6,13,24H,1-2,7-12,14H2. The Bertz CT molecular complexity index is 937. The SMILES string of the molecule is O=S(=O)(N1CCCC1)N1CCN(Cc2c(O)ccc3cc(Br)ccc23)CC1. The van der Waals surface area contributed by atoms with Crippen LogP contribution in [0.3, 0.4) is 0 Å². The van der Waals surface area contributed by atoms with E-state index >= 15 is 0 Å². The second kappa shape index (κ2) is 7.67. The summed E-state index contributed by atoms with van der Waals surface area (Å²) in [5, 5.41) is 12.5. The molecule has 2 fully saturated rings. The fraction of sp³-hybridized carbons (Fsp3) is 0.474. The number of phenols is 1. The highest BCUT2D eigenvalue weighted by molar-refractivity contribution is 9.10. The van der Waals surface area contributed by atoms with Crippen LogP contribution < -0.4 is 0 Å². The lowest BCUT2D eigenvalue weighted by molar-refractivity contribution is 0.175. The highest BCUT2D eigenvalue weighted by Crippen LogP contribution is 2.30. The van der Waals surface area contributed by atoms with Gasteiger partial charge in [0, 0.05) is 55.8 Å². The normalized spacial score (nSPS) is 20.5. The molecule has 0 amide bonds. The summed E-state index contributed by atoms with van der Waals surface area (Å²) in [5.74, 6) is 0.289. The second-order valence-electron chi connectivity index (χ2n) is 7.22. The van der Waals surface area contributed by atoms with Crippen molar-refractivity contribution in [1.82, 2.24) is 13.5 Å². The Hall–Kier alpha value is -1.19. The molecule has 4 rings (SSSR count). The number of nitrogens with zero attached hydrogens (tertiary/aromatic N) is 3. The minimum atomic E-state index is -3.32. The summed E-state index contributed by atoms with van der Waals surface area (Å²) < 4.78 is 29.6. The largest absolute Gasteiger partial charge is 0.508 e. The second-order valence-corrected chi connectivity index (χ2v) is 10.1. The van der Waals surface area contributed by atoms with Gasteiger partial charge < -0.3 is 5.11 Å². The van der Waals surface area contributed by atoms with Gasteiger partial charge in [-0.2, -0.15) is 17.0 Å². The molecule has 2 aliphatic heterocycles. The van der Waals surface area contributed by atoms with Gasteiger partial charge in [-0.15, -0.1) is 0 Å². The molecular formula is C19H24BrN3O3S. The molecule has 2 aromatic carbocycles. The highest BCUT2D eigenvalue weighted by Gasteiger charge is 2.33. The molecule has 0 aromatic heterocycles. The summed E-state index contributed by atoms with van der Waals surface area (Å²) in [7, 11) is -3.32. The van der Waals surface area contributed by atoms with Crippen LogP contribution in [0.1, 0.15) is 18.4 Å². The van der Waals surface area contributed by atoms with Crippen LogP contribution in [-0.2, 0) is 16.8 Å². The van der Waals surface area contributed by atoms with Crippen molar-refractivity contribution >= 4 is 36.9 Å². The Kier molecular flexibility index (Phi) is 5.44. The van der Waals surface area contributed by atoms with E-state index in [4.69, 9.17) is 0 Å². The maximum atomic E-state index is 12.7. The number of hydrogen-bond donors (Lipinski definition) is 1. The summed E-state index contributed by atoms with van der Waals surface area (Å²) in [4.78, 5) is 2.21. The number of rotatable bonds is 4. The average Bonchev–Trinajstić information content (AvgIpc) is 3.20. The van der Waals surface area contributed by atoms with Crippen LogP contribution in [0.25, 0.3) is 10.8 Å². The van der Waals surface area contributed by atoms with Gasteiger partial charge in [-0.25, -0.2) is 0 Å². The van der Waals surface area contributed by atoms with Crippen LogP contribution in [0.15, 0.2) is 34.8 Å². The molecular weight excluding hydrogens is 430 g/mol. The molecule has 0 spiro atoms. The van der Waals surface area contributed by atoms with Gasteiger partial charge in [-0.1, -0.05) is 28.1 Å². The third-order valence-corrected chi connectivity index (χ3v) is 8.03. The first kappa shape index (κ1) is 19.1. The van der Waals surface area contributed by atoms with E-state index in [1.165, 1.54) is 0 Å². The molecule has 0 atom stereocenters. The minimum absolute atomic E-state index is 0.289. The first-order valence-corrected chi connectivity index (χ1v) is 11.5. The highest BCUT2D eigenvalue weighted by atomic mass is 79.9. The monoisotopic (exact) mass is 453 g/mol. The van der Waals surface area contributed by atoms with E-state index in [1.807, 2.05) is 24.3 Å². The number of piperazine rings is 1. The van der Waals surface area contributed by atoms with Gasteiger partial charge in [0.05, 0.1) is 0 Å². The molecule has 1 N–H and O–H groups in total. The Morgan fingerprint density at radius 2 is 1.59 bits per heavy atom. The Labute approximate surface area is 168 Å². The fourth-order valence-electron chi connectivity index (χ4n) is 3.94. The molecule has 27 heavy (non-hydrogen) atoms. The number of phenolic OH excluding ortho intramolecular Hbond substituents is 1. The summed E-state index contributed by atoms with van der Waals surface area (Å²) in [6, 6.07) is 9.69. The zero-order valence-corrected chi connectivity index (χ0v) is 17.5. The predicted molar refractivity (Wildman–Crippen MR) is 110 cm³/mol.